The number of halogens is 1. The molecule has 5 nitrogen and oxygen atoms in total. The number of nitrogens with zero attached hydrogens (tertiary/aromatic N) is 1. The van der Waals surface area contributed by atoms with Gasteiger partial charge in [-0.25, -0.2) is 0 Å². The van der Waals surface area contributed by atoms with Gasteiger partial charge in [0.25, 0.3) is 5.91 Å². The van der Waals surface area contributed by atoms with Crippen molar-refractivity contribution in [2.24, 2.45) is 0 Å². The van der Waals surface area contributed by atoms with Crippen LogP contribution in [0.15, 0.2) is 46.9 Å². The summed E-state index contributed by atoms with van der Waals surface area (Å²) in [5, 5.41) is 2.97. The molecular formula is C24H31BrN2O3. The molecule has 2 aromatic carbocycles. The maximum Gasteiger partial charge on any atom is 0.261 e. The minimum absolute atomic E-state index is 0.0500. The van der Waals surface area contributed by atoms with E-state index in [-0.39, 0.29) is 24.5 Å². The van der Waals surface area contributed by atoms with E-state index in [2.05, 4.69) is 21.2 Å². The Morgan fingerprint density at radius 1 is 1.13 bits per heavy atom. The SMILES string of the molecule is CC[C@@H](C)NC(=O)[C@@H](C)N(Cc1cccc(Br)c1)C(=O)COc1cc(C)ccc1C. The summed E-state index contributed by atoms with van der Waals surface area (Å²) in [6.45, 7) is 9.84. The van der Waals surface area contributed by atoms with Crippen molar-refractivity contribution >= 4 is 27.7 Å². The molecule has 2 amide bonds. The zero-order chi connectivity index (χ0) is 22.3. The Kier molecular flexibility index (Phi) is 8.90. The first-order valence-electron chi connectivity index (χ1n) is 10.3. The summed E-state index contributed by atoms with van der Waals surface area (Å²) in [4.78, 5) is 27.4. The first kappa shape index (κ1) is 23.9. The predicted molar refractivity (Wildman–Crippen MR) is 123 cm³/mol. The van der Waals surface area contributed by atoms with Crippen LogP contribution in [0.3, 0.4) is 0 Å². The van der Waals surface area contributed by atoms with Crippen molar-refractivity contribution in [3.63, 3.8) is 0 Å². The molecule has 0 unspecified atom stereocenters. The molecule has 6 heteroatoms. The molecule has 0 saturated carbocycles. The van der Waals surface area contributed by atoms with Gasteiger partial charge < -0.3 is 15.0 Å². The third-order valence-electron chi connectivity index (χ3n) is 5.11. The van der Waals surface area contributed by atoms with Gasteiger partial charge in [0, 0.05) is 17.1 Å². The van der Waals surface area contributed by atoms with E-state index in [1.165, 1.54) is 0 Å². The highest BCUT2D eigenvalue weighted by Gasteiger charge is 2.27. The van der Waals surface area contributed by atoms with Gasteiger partial charge in [-0.1, -0.05) is 47.1 Å². The topological polar surface area (TPSA) is 58.6 Å². The number of amides is 2. The monoisotopic (exact) mass is 474 g/mol. The molecule has 0 saturated heterocycles. The Morgan fingerprint density at radius 3 is 2.53 bits per heavy atom. The van der Waals surface area contributed by atoms with E-state index in [0.717, 1.165) is 27.6 Å². The molecule has 0 bridgehead atoms. The number of ether oxygens (including phenoxy) is 1. The second-order valence-electron chi connectivity index (χ2n) is 7.70. The van der Waals surface area contributed by atoms with E-state index < -0.39 is 6.04 Å². The van der Waals surface area contributed by atoms with E-state index in [0.29, 0.717) is 12.3 Å². The van der Waals surface area contributed by atoms with Crippen LogP contribution in [-0.2, 0) is 16.1 Å². The average molecular weight is 475 g/mol. The maximum atomic E-state index is 13.1. The van der Waals surface area contributed by atoms with E-state index in [9.17, 15) is 9.59 Å². The highest BCUT2D eigenvalue weighted by molar-refractivity contribution is 9.10. The lowest BCUT2D eigenvalue weighted by Crippen LogP contribution is -2.50. The Balaban J connectivity index is 2.19. The molecule has 0 spiro atoms. The summed E-state index contributed by atoms with van der Waals surface area (Å²) in [6, 6.07) is 13.1. The van der Waals surface area contributed by atoms with Gasteiger partial charge in [0.05, 0.1) is 0 Å². The number of aryl methyl sites for hydroxylation is 2. The fraction of sp³-hybridized carbons (Fsp3) is 0.417. The van der Waals surface area contributed by atoms with Crippen molar-refractivity contribution < 1.29 is 14.3 Å². The summed E-state index contributed by atoms with van der Waals surface area (Å²) in [7, 11) is 0. The Hall–Kier alpha value is -2.34. The molecular weight excluding hydrogens is 444 g/mol. The highest BCUT2D eigenvalue weighted by Crippen LogP contribution is 2.20. The van der Waals surface area contributed by atoms with Crippen LogP contribution in [0.25, 0.3) is 0 Å². The lowest BCUT2D eigenvalue weighted by atomic mass is 10.1. The van der Waals surface area contributed by atoms with Gasteiger partial charge in [0.2, 0.25) is 5.91 Å². The van der Waals surface area contributed by atoms with E-state index in [1.54, 1.807) is 11.8 Å². The van der Waals surface area contributed by atoms with Crippen molar-refractivity contribution in [3.05, 3.63) is 63.6 Å². The van der Waals surface area contributed by atoms with Crippen molar-refractivity contribution in [2.75, 3.05) is 6.61 Å². The lowest BCUT2D eigenvalue weighted by molar-refractivity contribution is -0.142. The quantitative estimate of drug-likeness (QED) is 0.568. The van der Waals surface area contributed by atoms with Crippen LogP contribution in [0.5, 0.6) is 5.75 Å². The lowest BCUT2D eigenvalue weighted by Gasteiger charge is -2.29. The second-order valence-corrected chi connectivity index (χ2v) is 8.62. The second kappa shape index (κ2) is 11.2. The Labute approximate surface area is 187 Å². The molecule has 0 aliphatic rings. The molecule has 162 valence electrons. The summed E-state index contributed by atoms with van der Waals surface area (Å²) in [5.41, 5.74) is 2.97. The van der Waals surface area contributed by atoms with Gasteiger partial charge in [-0.15, -0.1) is 0 Å². The van der Waals surface area contributed by atoms with Gasteiger partial charge in [-0.2, -0.15) is 0 Å². The minimum atomic E-state index is -0.618. The number of rotatable bonds is 9. The number of hydrogen-bond acceptors (Lipinski definition) is 3. The van der Waals surface area contributed by atoms with Gasteiger partial charge >= 0.3 is 0 Å². The van der Waals surface area contributed by atoms with E-state index >= 15 is 0 Å². The standard InChI is InChI=1S/C24H31BrN2O3/c1-6-18(4)26-24(29)19(5)27(14-20-8-7-9-21(25)13-20)23(28)15-30-22-12-16(2)10-11-17(22)3/h7-13,18-19H,6,14-15H2,1-5H3,(H,26,29)/t18-,19-/m1/s1. The van der Waals surface area contributed by atoms with Crippen LogP contribution in [0, 0.1) is 13.8 Å². The van der Waals surface area contributed by atoms with Gasteiger partial charge in [0.15, 0.2) is 6.61 Å². The zero-order valence-electron chi connectivity index (χ0n) is 18.4. The fourth-order valence-corrected chi connectivity index (χ4v) is 3.41. The molecule has 30 heavy (non-hydrogen) atoms. The summed E-state index contributed by atoms with van der Waals surface area (Å²) in [5.74, 6) is 0.282. The summed E-state index contributed by atoms with van der Waals surface area (Å²) < 4.78 is 6.75. The molecule has 0 heterocycles. The fourth-order valence-electron chi connectivity index (χ4n) is 2.97. The predicted octanol–water partition coefficient (Wildman–Crippen LogP) is 4.78. The van der Waals surface area contributed by atoms with Crippen LogP contribution < -0.4 is 10.1 Å². The summed E-state index contributed by atoms with van der Waals surface area (Å²) >= 11 is 3.47. The minimum Gasteiger partial charge on any atom is -0.483 e. The maximum absolute atomic E-state index is 13.1. The van der Waals surface area contributed by atoms with Crippen molar-refractivity contribution in [3.8, 4) is 5.75 Å². The molecule has 0 aliphatic carbocycles. The van der Waals surface area contributed by atoms with Gasteiger partial charge in [-0.3, -0.25) is 9.59 Å². The van der Waals surface area contributed by atoms with Crippen molar-refractivity contribution in [2.45, 2.75) is 59.7 Å². The van der Waals surface area contributed by atoms with E-state index in [1.807, 2.05) is 70.2 Å². The average Bonchev–Trinajstić information content (AvgIpc) is 2.71. The van der Waals surface area contributed by atoms with Crippen molar-refractivity contribution in [1.29, 1.82) is 0 Å². The van der Waals surface area contributed by atoms with Crippen LogP contribution in [-0.4, -0.2) is 35.4 Å². The van der Waals surface area contributed by atoms with Crippen LogP contribution >= 0.6 is 15.9 Å². The number of benzene rings is 2. The van der Waals surface area contributed by atoms with Gasteiger partial charge in [-0.05, 0) is 69.0 Å². The third-order valence-corrected chi connectivity index (χ3v) is 5.60. The normalized spacial score (nSPS) is 12.7. The number of nitrogens with one attached hydrogen (secondary N) is 1. The smallest absolute Gasteiger partial charge is 0.261 e. The molecule has 0 radical (unpaired) electrons. The van der Waals surface area contributed by atoms with Gasteiger partial charge in [0.1, 0.15) is 11.8 Å². The molecule has 2 aromatic rings. The number of carbonyl (C=O) groups is 2. The van der Waals surface area contributed by atoms with Crippen LogP contribution in [0.1, 0.15) is 43.9 Å². The first-order chi connectivity index (χ1) is 14.2. The number of hydrogen-bond donors (Lipinski definition) is 1. The molecule has 0 fully saturated rings. The molecule has 2 atom stereocenters. The zero-order valence-corrected chi connectivity index (χ0v) is 20.0. The largest absolute Gasteiger partial charge is 0.483 e. The third kappa shape index (κ3) is 6.87. The summed E-state index contributed by atoms with van der Waals surface area (Å²) in [6.07, 6.45) is 0.827. The van der Waals surface area contributed by atoms with E-state index in [4.69, 9.17) is 4.74 Å². The van der Waals surface area contributed by atoms with Crippen LogP contribution in [0.4, 0.5) is 0 Å². The molecule has 0 aliphatic heterocycles. The Bertz CT molecular complexity index is 885. The molecule has 1 N–H and O–H groups in total. The van der Waals surface area contributed by atoms with Crippen molar-refractivity contribution in [1.82, 2.24) is 10.2 Å². The number of carbonyl (C=O) groups excluding carboxylic acids is 2. The highest BCUT2D eigenvalue weighted by atomic mass is 79.9. The first-order valence-corrected chi connectivity index (χ1v) is 11.0. The van der Waals surface area contributed by atoms with Crippen LogP contribution in [0.2, 0.25) is 0 Å². The Morgan fingerprint density at radius 2 is 1.87 bits per heavy atom. The molecule has 0 aromatic heterocycles. The molecule has 2 rings (SSSR count).